The molecule has 0 aliphatic heterocycles. The zero-order valence-electron chi connectivity index (χ0n) is 17.0. The maximum atomic E-state index is 13.5. The third-order valence-corrected chi connectivity index (χ3v) is 5.59. The van der Waals surface area contributed by atoms with E-state index in [4.69, 9.17) is 0 Å². The lowest BCUT2D eigenvalue weighted by Gasteiger charge is -2.32. The average Bonchev–Trinajstić information content (AvgIpc) is 2.64. The van der Waals surface area contributed by atoms with Crippen molar-refractivity contribution in [1.82, 2.24) is 10.6 Å². The number of rotatable bonds is 11. The van der Waals surface area contributed by atoms with Crippen molar-refractivity contribution in [2.75, 3.05) is 26.0 Å². The fourth-order valence-electron chi connectivity index (χ4n) is 2.99. The van der Waals surface area contributed by atoms with E-state index in [0.717, 1.165) is 55.2 Å². The second-order valence-electron chi connectivity index (χ2n) is 6.58. The maximum Gasteiger partial charge on any atom is 0.191 e. The van der Waals surface area contributed by atoms with Crippen molar-refractivity contribution in [1.29, 1.82) is 0 Å². The second-order valence-corrected chi connectivity index (χ2v) is 7.44. The molecule has 156 valence electrons. The highest BCUT2D eigenvalue weighted by Gasteiger charge is 2.25. The van der Waals surface area contributed by atoms with E-state index in [1.165, 1.54) is 6.07 Å². The summed E-state index contributed by atoms with van der Waals surface area (Å²) < 4.78 is 13.5. The Kier molecular flexibility index (Phi) is 14.2. The van der Waals surface area contributed by atoms with Crippen molar-refractivity contribution in [3.63, 3.8) is 0 Å². The number of halogens is 2. The molecule has 0 aliphatic rings. The summed E-state index contributed by atoms with van der Waals surface area (Å²) in [7, 11) is 0. The van der Waals surface area contributed by atoms with E-state index >= 15 is 0 Å². The molecule has 0 saturated carbocycles. The van der Waals surface area contributed by atoms with Crippen LogP contribution in [0.2, 0.25) is 0 Å². The first-order chi connectivity index (χ1) is 12.5. The number of benzene rings is 1. The lowest BCUT2D eigenvalue weighted by atomic mass is 9.79. The Labute approximate surface area is 185 Å². The van der Waals surface area contributed by atoms with Crippen LogP contribution in [-0.4, -0.2) is 37.0 Å². The van der Waals surface area contributed by atoms with Crippen LogP contribution in [-0.2, 0) is 12.3 Å². The van der Waals surface area contributed by atoms with Crippen LogP contribution in [0.5, 0.6) is 0 Å². The molecule has 1 aromatic carbocycles. The largest absolute Gasteiger partial charge is 0.396 e. The van der Waals surface area contributed by atoms with Crippen LogP contribution in [0.25, 0.3) is 0 Å². The summed E-state index contributed by atoms with van der Waals surface area (Å²) in [6.07, 6.45) is 4.81. The van der Waals surface area contributed by atoms with E-state index in [9.17, 15) is 9.50 Å². The highest BCUT2D eigenvalue weighted by atomic mass is 127. The number of aliphatic imine (C=N–C) groups is 1. The fourth-order valence-corrected chi connectivity index (χ4v) is 3.57. The number of guanidine groups is 1. The molecule has 0 radical (unpaired) electrons. The van der Waals surface area contributed by atoms with Crippen LogP contribution in [0.4, 0.5) is 4.39 Å². The number of nitrogens with zero attached hydrogens (tertiary/aromatic N) is 1. The molecule has 0 heterocycles. The van der Waals surface area contributed by atoms with Crippen molar-refractivity contribution in [2.45, 2.75) is 52.3 Å². The molecule has 0 aromatic heterocycles. The Morgan fingerprint density at radius 3 is 2.44 bits per heavy atom. The molecule has 0 bridgehead atoms. The van der Waals surface area contributed by atoms with Crippen LogP contribution >= 0.6 is 35.7 Å². The molecule has 1 rings (SSSR count). The van der Waals surface area contributed by atoms with E-state index in [-0.39, 0.29) is 41.8 Å². The van der Waals surface area contributed by atoms with Gasteiger partial charge in [-0.25, -0.2) is 9.38 Å². The van der Waals surface area contributed by atoms with Gasteiger partial charge in [0, 0.05) is 25.4 Å². The highest BCUT2D eigenvalue weighted by molar-refractivity contribution is 14.0. The normalized spacial score (nSPS) is 11.9. The standard InChI is InChI=1S/C20H34FN3OS.HI/c1-5-20(6-2,10-11-25)15-24-19(22-7-3)23-13-16-8-9-18(21)12-17(16)14-26-4;/h8-9,12,25H,5-7,10-11,13-15H2,1-4H3,(H2,22,23,24);1H. The Balaban J connectivity index is 0.00000676. The maximum absolute atomic E-state index is 13.5. The van der Waals surface area contributed by atoms with Crippen LogP contribution < -0.4 is 10.6 Å². The number of thioether (sulfide) groups is 1. The Hall–Kier alpha value is -0.540. The van der Waals surface area contributed by atoms with Gasteiger partial charge in [0.25, 0.3) is 0 Å². The zero-order chi connectivity index (χ0) is 19.4. The van der Waals surface area contributed by atoms with Crippen molar-refractivity contribution < 1.29 is 9.50 Å². The van der Waals surface area contributed by atoms with Crippen molar-refractivity contribution in [2.24, 2.45) is 10.4 Å². The zero-order valence-corrected chi connectivity index (χ0v) is 20.1. The molecule has 4 nitrogen and oxygen atoms in total. The molecule has 0 spiro atoms. The molecule has 7 heteroatoms. The highest BCUT2D eigenvalue weighted by Crippen LogP contribution is 2.29. The monoisotopic (exact) mass is 511 g/mol. The SMILES string of the molecule is CCNC(=NCc1ccc(F)cc1CSC)NCC(CC)(CC)CCO.I. The predicted octanol–water partition coefficient (Wildman–Crippen LogP) is 4.55. The molecule has 0 fully saturated rings. The molecular weight excluding hydrogens is 476 g/mol. The lowest BCUT2D eigenvalue weighted by Crippen LogP contribution is -2.43. The molecule has 0 aliphatic carbocycles. The minimum atomic E-state index is -0.202. The summed E-state index contributed by atoms with van der Waals surface area (Å²) in [4.78, 5) is 4.69. The van der Waals surface area contributed by atoms with E-state index in [0.29, 0.717) is 6.54 Å². The quantitative estimate of drug-likeness (QED) is 0.232. The molecule has 0 unspecified atom stereocenters. The molecule has 3 N–H and O–H groups in total. The minimum absolute atomic E-state index is 0. The van der Waals surface area contributed by atoms with E-state index in [1.807, 2.05) is 19.2 Å². The van der Waals surface area contributed by atoms with Gasteiger partial charge in [0.2, 0.25) is 0 Å². The number of hydrogen-bond acceptors (Lipinski definition) is 3. The van der Waals surface area contributed by atoms with Gasteiger partial charge < -0.3 is 15.7 Å². The van der Waals surface area contributed by atoms with Crippen LogP contribution in [0, 0.1) is 11.2 Å². The number of nitrogens with one attached hydrogen (secondary N) is 2. The van der Waals surface area contributed by atoms with Gasteiger partial charge in [-0.1, -0.05) is 19.9 Å². The third kappa shape index (κ3) is 9.00. The first-order valence-corrected chi connectivity index (χ1v) is 10.8. The third-order valence-electron chi connectivity index (χ3n) is 4.99. The topological polar surface area (TPSA) is 56.7 Å². The Morgan fingerprint density at radius 1 is 1.19 bits per heavy atom. The van der Waals surface area contributed by atoms with Gasteiger partial charge >= 0.3 is 0 Å². The first kappa shape index (κ1) is 26.5. The fraction of sp³-hybridized carbons (Fsp3) is 0.650. The molecular formula is C20H35FIN3OS. The molecule has 1 aromatic rings. The summed E-state index contributed by atoms with van der Waals surface area (Å²) >= 11 is 1.68. The van der Waals surface area contributed by atoms with Gasteiger partial charge in [0.05, 0.1) is 6.54 Å². The van der Waals surface area contributed by atoms with E-state index < -0.39 is 0 Å². The van der Waals surface area contributed by atoms with Crippen molar-refractivity contribution >= 4 is 41.7 Å². The van der Waals surface area contributed by atoms with Crippen molar-refractivity contribution in [3.8, 4) is 0 Å². The van der Waals surface area contributed by atoms with Crippen LogP contribution in [0.15, 0.2) is 23.2 Å². The molecule has 0 saturated heterocycles. The average molecular weight is 511 g/mol. The summed E-state index contributed by atoms with van der Waals surface area (Å²) in [5.74, 6) is 1.33. The number of aliphatic hydroxyl groups excluding tert-OH is 1. The first-order valence-electron chi connectivity index (χ1n) is 9.43. The minimum Gasteiger partial charge on any atom is -0.396 e. The number of aliphatic hydroxyl groups is 1. The Morgan fingerprint density at radius 2 is 1.89 bits per heavy atom. The van der Waals surface area contributed by atoms with Gasteiger partial charge in [-0.05, 0) is 61.1 Å². The molecule has 0 amide bonds. The van der Waals surface area contributed by atoms with E-state index in [2.05, 4.69) is 29.5 Å². The van der Waals surface area contributed by atoms with Crippen molar-refractivity contribution in [3.05, 3.63) is 35.1 Å². The smallest absolute Gasteiger partial charge is 0.191 e. The summed E-state index contributed by atoms with van der Waals surface area (Å²) in [6, 6.07) is 4.92. The van der Waals surface area contributed by atoms with Gasteiger partial charge in [0.1, 0.15) is 5.82 Å². The Bertz CT molecular complexity index is 568. The van der Waals surface area contributed by atoms with E-state index in [1.54, 1.807) is 17.8 Å². The van der Waals surface area contributed by atoms with Gasteiger partial charge in [0.15, 0.2) is 5.96 Å². The summed E-state index contributed by atoms with van der Waals surface area (Å²) in [5, 5.41) is 16.1. The lowest BCUT2D eigenvalue weighted by molar-refractivity contribution is 0.169. The summed E-state index contributed by atoms with van der Waals surface area (Å²) in [6.45, 7) is 8.62. The molecule has 0 atom stereocenters. The van der Waals surface area contributed by atoms with Gasteiger partial charge in [-0.2, -0.15) is 11.8 Å². The number of hydrogen-bond donors (Lipinski definition) is 3. The predicted molar refractivity (Wildman–Crippen MR) is 127 cm³/mol. The van der Waals surface area contributed by atoms with Gasteiger partial charge in [-0.3, -0.25) is 0 Å². The second kappa shape index (κ2) is 14.5. The van der Waals surface area contributed by atoms with Crippen LogP contribution in [0.3, 0.4) is 0 Å². The van der Waals surface area contributed by atoms with Gasteiger partial charge in [-0.15, -0.1) is 24.0 Å². The van der Waals surface area contributed by atoms with Crippen LogP contribution in [0.1, 0.15) is 51.2 Å². The molecule has 27 heavy (non-hydrogen) atoms. The summed E-state index contributed by atoms with van der Waals surface area (Å²) in [5.41, 5.74) is 2.12.